The lowest BCUT2D eigenvalue weighted by molar-refractivity contribution is 0.0696. The number of carboxylic acid groups (broad SMARTS) is 1. The Morgan fingerprint density at radius 3 is 2.06 bits per heavy atom. The first-order chi connectivity index (χ1) is 16.2. The maximum Gasteiger partial charge on any atom is 0.336 e. The van der Waals surface area contributed by atoms with Crippen molar-refractivity contribution in [3.63, 3.8) is 0 Å². The molecule has 182 valence electrons. The van der Waals surface area contributed by atoms with Crippen LogP contribution in [0.1, 0.15) is 113 Å². The van der Waals surface area contributed by atoms with E-state index in [4.69, 9.17) is 0 Å². The molecule has 0 unspecified atom stereocenters. The number of halogens is 1. The normalized spacial score (nSPS) is 11.5. The minimum Gasteiger partial charge on any atom is -0.478 e. The van der Waals surface area contributed by atoms with Gasteiger partial charge in [0.1, 0.15) is 0 Å². The average molecular weight is 565 g/mol. The van der Waals surface area contributed by atoms with Gasteiger partial charge >= 0.3 is 5.97 Å². The Morgan fingerprint density at radius 2 is 1.45 bits per heavy atom. The maximum absolute atomic E-state index is 11.6. The Bertz CT molecular complexity index is 888. The summed E-state index contributed by atoms with van der Waals surface area (Å²) < 4.78 is 12.1. The Kier molecular flexibility index (Phi) is 14.2. The lowest BCUT2D eigenvalue weighted by Crippen LogP contribution is -2.00. The van der Waals surface area contributed by atoms with E-state index in [0.717, 1.165) is 23.6 Å². The molecule has 2 aromatic carbocycles. The number of fused-ring (bicyclic) bond motifs is 1. The van der Waals surface area contributed by atoms with Gasteiger partial charge in [0.25, 0.3) is 0 Å². The van der Waals surface area contributed by atoms with Crippen LogP contribution in [0.3, 0.4) is 0 Å². The van der Waals surface area contributed by atoms with E-state index >= 15 is 0 Å². The topological polar surface area (TPSA) is 54.4 Å². The molecule has 0 amide bonds. The fraction of sp³-hybridized carbons (Fsp3) is 0.552. The predicted molar refractivity (Wildman–Crippen MR) is 147 cm³/mol. The number of benzene rings is 2. The number of hydrogen-bond acceptors (Lipinski definition) is 2. The van der Waals surface area contributed by atoms with Crippen LogP contribution in [-0.2, 0) is 9.49 Å². The molecule has 33 heavy (non-hydrogen) atoms. The van der Waals surface area contributed by atoms with Gasteiger partial charge in [-0.3, -0.25) is 3.07 Å². The Hall–Kier alpha value is -1.56. The third-order valence-corrected chi connectivity index (χ3v) is 7.70. The van der Waals surface area contributed by atoms with E-state index in [-0.39, 0.29) is 5.56 Å². The van der Waals surface area contributed by atoms with Crippen LogP contribution in [0.2, 0.25) is 0 Å². The standard InChI is InChI=1S/C29H41IO3/c1-2-3-4-5-6-7-8-9-10-11-12-13-14-15-16-17-19-24-20-18-21-25-22-27(29(31)32)28(30-33)23-26(24)25/h11-12,18,20-23H,2-10,13-17,19H2,1H3,(H,31,32)/b12-11+. The average Bonchev–Trinajstić information content (AvgIpc) is 2.82. The summed E-state index contributed by atoms with van der Waals surface area (Å²) in [6.45, 7) is 2.27. The molecular weight excluding hydrogens is 523 g/mol. The van der Waals surface area contributed by atoms with Gasteiger partial charge in [-0.1, -0.05) is 95.1 Å². The smallest absolute Gasteiger partial charge is 0.336 e. The summed E-state index contributed by atoms with van der Waals surface area (Å²) in [5.41, 5.74) is 1.41. The Morgan fingerprint density at radius 1 is 0.848 bits per heavy atom. The summed E-state index contributed by atoms with van der Waals surface area (Å²) in [4.78, 5) is 11.4. The molecule has 0 aliphatic heterocycles. The lowest BCUT2D eigenvalue weighted by Gasteiger charge is -2.09. The number of rotatable bonds is 18. The SMILES string of the molecule is CCCCCCCCCC/C=C/CCCCCCc1cccc2cc(C(=O)O)c(I=O)cc12. The highest BCUT2D eigenvalue weighted by molar-refractivity contribution is 14.1. The summed E-state index contributed by atoms with van der Waals surface area (Å²) in [7, 11) is 0. The number of allylic oxidation sites excluding steroid dienone is 2. The van der Waals surface area contributed by atoms with E-state index in [1.807, 2.05) is 18.2 Å². The molecule has 0 aliphatic carbocycles. The van der Waals surface area contributed by atoms with Gasteiger partial charge in [-0.2, -0.15) is 0 Å². The molecule has 4 heteroatoms. The van der Waals surface area contributed by atoms with E-state index in [0.29, 0.717) is 3.57 Å². The van der Waals surface area contributed by atoms with Crippen molar-refractivity contribution in [3.05, 3.63) is 57.2 Å². The van der Waals surface area contributed by atoms with Crippen LogP contribution in [0.5, 0.6) is 0 Å². The molecule has 0 aromatic heterocycles. The van der Waals surface area contributed by atoms with Crippen LogP contribution in [0.15, 0.2) is 42.5 Å². The molecule has 2 aromatic rings. The summed E-state index contributed by atoms with van der Waals surface area (Å²) in [5, 5.41) is 11.3. The molecule has 0 atom stereocenters. The second-order valence-electron chi connectivity index (χ2n) is 9.04. The molecule has 1 N–H and O–H groups in total. The zero-order valence-electron chi connectivity index (χ0n) is 20.3. The number of carbonyl (C=O) groups is 1. The minimum absolute atomic E-state index is 0.179. The van der Waals surface area contributed by atoms with Gasteiger partial charge < -0.3 is 5.11 Å². The zero-order valence-corrected chi connectivity index (χ0v) is 22.4. The molecule has 2 rings (SSSR count). The molecular formula is C29H41IO3. The number of unbranched alkanes of at least 4 members (excludes halogenated alkanes) is 12. The first-order valence-electron chi connectivity index (χ1n) is 12.9. The molecule has 0 saturated carbocycles. The second kappa shape index (κ2) is 17.0. The summed E-state index contributed by atoms with van der Waals surface area (Å²) in [6, 6.07) is 9.56. The number of carboxylic acids is 1. The molecule has 0 bridgehead atoms. The largest absolute Gasteiger partial charge is 0.478 e. The summed E-state index contributed by atoms with van der Waals surface area (Å²) >= 11 is -1.51. The van der Waals surface area contributed by atoms with E-state index < -0.39 is 27.2 Å². The van der Waals surface area contributed by atoms with E-state index in [1.165, 1.54) is 89.0 Å². The molecule has 3 nitrogen and oxygen atoms in total. The van der Waals surface area contributed by atoms with E-state index in [9.17, 15) is 13.0 Å². The van der Waals surface area contributed by atoms with Crippen molar-refractivity contribution in [3.8, 4) is 0 Å². The van der Waals surface area contributed by atoms with Gasteiger partial charge in [0.15, 0.2) is 21.2 Å². The number of aryl methyl sites for hydroxylation is 1. The van der Waals surface area contributed by atoms with Crippen molar-refractivity contribution in [1.82, 2.24) is 0 Å². The highest BCUT2D eigenvalue weighted by Gasteiger charge is 2.13. The quantitative estimate of drug-likeness (QED) is 0.111. The van der Waals surface area contributed by atoms with Crippen molar-refractivity contribution in [2.45, 2.75) is 103 Å². The highest BCUT2D eigenvalue weighted by Crippen LogP contribution is 2.27. The Balaban J connectivity index is 1.60. The summed E-state index contributed by atoms with van der Waals surface area (Å²) in [5.74, 6) is -1.00. The highest BCUT2D eigenvalue weighted by atomic mass is 127. The predicted octanol–water partition coefficient (Wildman–Crippen LogP) is 9.60. The fourth-order valence-electron chi connectivity index (χ4n) is 4.37. The van der Waals surface area contributed by atoms with Crippen LogP contribution in [0.25, 0.3) is 10.8 Å². The summed E-state index contributed by atoms with van der Waals surface area (Å²) in [6.07, 6.45) is 24.0. The third kappa shape index (κ3) is 10.5. The maximum atomic E-state index is 11.6. The lowest BCUT2D eigenvalue weighted by atomic mass is 9.98. The van der Waals surface area contributed by atoms with Crippen LogP contribution in [0.4, 0.5) is 0 Å². The van der Waals surface area contributed by atoms with Gasteiger partial charge in [0.05, 0.1) is 9.13 Å². The Labute approximate surface area is 210 Å². The van der Waals surface area contributed by atoms with E-state index in [2.05, 4.69) is 25.1 Å². The molecule has 0 radical (unpaired) electrons. The molecule has 0 fully saturated rings. The van der Waals surface area contributed by atoms with Crippen LogP contribution in [0, 0.1) is 3.57 Å². The number of hydrogen-bond donors (Lipinski definition) is 1. The minimum atomic E-state index is -1.51. The van der Waals surface area contributed by atoms with Gasteiger partial charge in [0.2, 0.25) is 0 Å². The van der Waals surface area contributed by atoms with E-state index in [1.54, 1.807) is 6.07 Å². The third-order valence-electron chi connectivity index (χ3n) is 6.33. The first-order valence-corrected chi connectivity index (χ1v) is 14.8. The van der Waals surface area contributed by atoms with Gasteiger partial charge in [-0.15, -0.1) is 0 Å². The molecule has 0 heterocycles. The van der Waals surface area contributed by atoms with Gasteiger partial charge in [-0.05, 0) is 67.0 Å². The van der Waals surface area contributed by atoms with Crippen LogP contribution in [-0.4, -0.2) is 11.1 Å². The monoisotopic (exact) mass is 564 g/mol. The van der Waals surface area contributed by atoms with Crippen molar-refractivity contribution in [1.29, 1.82) is 0 Å². The van der Waals surface area contributed by atoms with Crippen molar-refractivity contribution >= 4 is 37.9 Å². The van der Waals surface area contributed by atoms with Crippen molar-refractivity contribution < 1.29 is 13.0 Å². The second-order valence-corrected chi connectivity index (χ2v) is 10.6. The number of aromatic carboxylic acids is 1. The van der Waals surface area contributed by atoms with Crippen molar-refractivity contribution in [2.75, 3.05) is 0 Å². The van der Waals surface area contributed by atoms with Crippen LogP contribution < -0.4 is 0 Å². The molecule has 0 aliphatic rings. The van der Waals surface area contributed by atoms with Crippen molar-refractivity contribution in [2.24, 2.45) is 0 Å². The van der Waals surface area contributed by atoms with Crippen LogP contribution >= 0.6 is 21.2 Å². The van der Waals surface area contributed by atoms with Gasteiger partial charge in [0, 0.05) is 0 Å². The first kappa shape index (κ1) is 27.7. The molecule has 0 saturated heterocycles. The zero-order chi connectivity index (χ0) is 23.7. The molecule has 0 spiro atoms. The van der Waals surface area contributed by atoms with Gasteiger partial charge in [-0.25, -0.2) is 4.79 Å². The fourth-order valence-corrected chi connectivity index (χ4v) is 5.43.